The van der Waals surface area contributed by atoms with E-state index in [1.54, 1.807) is 0 Å². The molecular formula is C13H14F3N3. The molecule has 0 spiro atoms. The Kier molecular flexibility index (Phi) is 3.61. The molecule has 0 fully saturated rings. The number of alkyl halides is 3. The Morgan fingerprint density at radius 2 is 1.84 bits per heavy atom. The Morgan fingerprint density at radius 1 is 1.21 bits per heavy atom. The van der Waals surface area contributed by atoms with Gasteiger partial charge in [0.1, 0.15) is 5.82 Å². The first kappa shape index (κ1) is 13.6. The zero-order chi connectivity index (χ0) is 14.0. The van der Waals surface area contributed by atoms with Crippen LogP contribution in [0.3, 0.4) is 0 Å². The van der Waals surface area contributed by atoms with Crippen LogP contribution in [0.4, 0.5) is 13.2 Å². The number of nitrogens with zero attached hydrogens (tertiary/aromatic N) is 1. The molecule has 3 N–H and O–H groups in total. The van der Waals surface area contributed by atoms with Gasteiger partial charge in [-0.2, -0.15) is 13.2 Å². The lowest BCUT2D eigenvalue weighted by Gasteiger charge is -2.07. The molecule has 0 saturated heterocycles. The van der Waals surface area contributed by atoms with Gasteiger partial charge in [0.2, 0.25) is 0 Å². The molecule has 1 aromatic carbocycles. The van der Waals surface area contributed by atoms with E-state index in [2.05, 4.69) is 9.97 Å². The van der Waals surface area contributed by atoms with Crippen LogP contribution in [0, 0.1) is 0 Å². The fraction of sp³-hybridized carbons (Fsp3) is 0.308. The largest absolute Gasteiger partial charge is 0.416 e. The van der Waals surface area contributed by atoms with E-state index in [1.807, 2.05) is 6.92 Å². The van der Waals surface area contributed by atoms with E-state index < -0.39 is 11.7 Å². The van der Waals surface area contributed by atoms with Crippen LogP contribution in [0.2, 0.25) is 0 Å². The first-order valence-corrected chi connectivity index (χ1v) is 5.91. The molecule has 0 bridgehead atoms. The van der Waals surface area contributed by atoms with Gasteiger partial charge in [-0.05, 0) is 18.6 Å². The van der Waals surface area contributed by atoms with Crippen molar-refractivity contribution in [2.75, 3.05) is 0 Å². The first-order valence-electron chi connectivity index (χ1n) is 5.91. The molecule has 0 aliphatic carbocycles. The Hall–Kier alpha value is -1.82. The van der Waals surface area contributed by atoms with E-state index in [1.165, 1.54) is 12.1 Å². The zero-order valence-corrected chi connectivity index (χ0v) is 10.4. The molecule has 102 valence electrons. The van der Waals surface area contributed by atoms with Gasteiger partial charge in [0.05, 0.1) is 17.8 Å². The number of benzene rings is 1. The summed E-state index contributed by atoms with van der Waals surface area (Å²) in [5.41, 5.74) is 7.03. The third kappa shape index (κ3) is 2.78. The number of aromatic amines is 1. The normalized spacial score (nSPS) is 11.8. The number of H-pyrrole nitrogens is 1. The highest BCUT2D eigenvalue weighted by atomic mass is 19.4. The molecular weight excluding hydrogens is 255 g/mol. The van der Waals surface area contributed by atoms with Gasteiger partial charge in [-0.25, -0.2) is 4.98 Å². The Morgan fingerprint density at radius 3 is 2.32 bits per heavy atom. The van der Waals surface area contributed by atoms with Crippen LogP contribution in [-0.2, 0) is 19.1 Å². The molecule has 2 rings (SSSR count). The van der Waals surface area contributed by atoms with Crippen molar-refractivity contribution < 1.29 is 13.2 Å². The highest BCUT2D eigenvalue weighted by Crippen LogP contribution is 2.31. The summed E-state index contributed by atoms with van der Waals surface area (Å²) in [6, 6.07) is 4.98. The van der Waals surface area contributed by atoms with E-state index in [0.29, 0.717) is 23.5 Å². The van der Waals surface area contributed by atoms with Crippen LogP contribution in [-0.4, -0.2) is 9.97 Å². The van der Waals surface area contributed by atoms with Gasteiger partial charge in [-0.15, -0.1) is 0 Å². The molecule has 0 saturated carbocycles. The van der Waals surface area contributed by atoms with Crippen LogP contribution in [0.25, 0.3) is 11.3 Å². The highest BCUT2D eigenvalue weighted by Gasteiger charge is 2.30. The standard InChI is InChI=1S/C13H14F3N3/c1-2-10-12(19-11(7-17)18-10)8-3-5-9(6-4-8)13(14,15)16/h3-6H,2,7,17H2,1H3,(H,18,19). The van der Waals surface area contributed by atoms with Crippen LogP contribution in [0.15, 0.2) is 24.3 Å². The van der Waals surface area contributed by atoms with Crippen molar-refractivity contribution in [3.8, 4) is 11.3 Å². The molecule has 0 aliphatic rings. The molecule has 1 heterocycles. The SMILES string of the molecule is CCc1[nH]c(CN)nc1-c1ccc(C(F)(F)F)cc1. The molecule has 2 aromatic rings. The maximum atomic E-state index is 12.5. The number of rotatable bonds is 3. The maximum absolute atomic E-state index is 12.5. The van der Waals surface area contributed by atoms with Crippen molar-refractivity contribution >= 4 is 0 Å². The minimum Gasteiger partial charge on any atom is -0.344 e. The molecule has 3 nitrogen and oxygen atoms in total. The number of aromatic nitrogens is 2. The summed E-state index contributed by atoms with van der Waals surface area (Å²) in [4.78, 5) is 7.37. The summed E-state index contributed by atoms with van der Waals surface area (Å²) in [6.45, 7) is 2.22. The molecule has 0 aliphatic heterocycles. The van der Waals surface area contributed by atoms with Crippen molar-refractivity contribution in [2.45, 2.75) is 26.1 Å². The van der Waals surface area contributed by atoms with Crippen LogP contribution in [0.5, 0.6) is 0 Å². The first-order chi connectivity index (χ1) is 8.95. The van der Waals surface area contributed by atoms with Gasteiger partial charge >= 0.3 is 6.18 Å². The second-order valence-electron chi connectivity index (χ2n) is 4.14. The van der Waals surface area contributed by atoms with Gasteiger partial charge in [0.25, 0.3) is 0 Å². The minimum atomic E-state index is -4.32. The maximum Gasteiger partial charge on any atom is 0.416 e. The number of nitrogens with two attached hydrogens (primary N) is 1. The van der Waals surface area contributed by atoms with E-state index in [0.717, 1.165) is 17.8 Å². The number of halogens is 3. The van der Waals surface area contributed by atoms with Gasteiger partial charge in [0.15, 0.2) is 0 Å². The summed E-state index contributed by atoms with van der Waals surface area (Å²) in [5, 5.41) is 0. The molecule has 0 unspecified atom stereocenters. The van der Waals surface area contributed by atoms with E-state index >= 15 is 0 Å². The predicted molar refractivity (Wildman–Crippen MR) is 66.3 cm³/mol. The van der Waals surface area contributed by atoms with E-state index in [4.69, 9.17) is 5.73 Å². The molecule has 0 amide bonds. The van der Waals surface area contributed by atoms with Crippen molar-refractivity contribution in [1.82, 2.24) is 9.97 Å². The average Bonchev–Trinajstić information content (AvgIpc) is 2.81. The van der Waals surface area contributed by atoms with E-state index in [-0.39, 0.29) is 6.54 Å². The second kappa shape index (κ2) is 5.05. The van der Waals surface area contributed by atoms with Gasteiger partial charge < -0.3 is 10.7 Å². The Bertz CT molecular complexity index is 556. The summed E-state index contributed by atoms with van der Waals surface area (Å²) in [6.07, 6.45) is -3.61. The summed E-state index contributed by atoms with van der Waals surface area (Å²) < 4.78 is 37.5. The van der Waals surface area contributed by atoms with E-state index in [9.17, 15) is 13.2 Å². The molecule has 1 aromatic heterocycles. The summed E-state index contributed by atoms with van der Waals surface area (Å²) in [7, 11) is 0. The average molecular weight is 269 g/mol. The quantitative estimate of drug-likeness (QED) is 0.899. The monoisotopic (exact) mass is 269 g/mol. The Balaban J connectivity index is 2.39. The molecule has 19 heavy (non-hydrogen) atoms. The lowest BCUT2D eigenvalue weighted by Crippen LogP contribution is -2.04. The number of imidazole rings is 1. The fourth-order valence-corrected chi connectivity index (χ4v) is 1.87. The van der Waals surface area contributed by atoms with Crippen molar-refractivity contribution in [1.29, 1.82) is 0 Å². The number of hydrogen-bond acceptors (Lipinski definition) is 2. The van der Waals surface area contributed by atoms with Gasteiger partial charge in [0, 0.05) is 11.3 Å². The van der Waals surface area contributed by atoms with Crippen LogP contribution in [0.1, 0.15) is 24.0 Å². The van der Waals surface area contributed by atoms with Gasteiger partial charge in [-0.1, -0.05) is 19.1 Å². The number of nitrogens with one attached hydrogen (secondary N) is 1. The van der Waals surface area contributed by atoms with Crippen molar-refractivity contribution in [3.63, 3.8) is 0 Å². The fourth-order valence-electron chi connectivity index (χ4n) is 1.87. The lowest BCUT2D eigenvalue weighted by molar-refractivity contribution is -0.137. The summed E-state index contributed by atoms with van der Waals surface area (Å²) >= 11 is 0. The molecule has 0 atom stereocenters. The van der Waals surface area contributed by atoms with Crippen LogP contribution >= 0.6 is 0 Å². The molecule has 0 radical (unpaired) electrons. The zero-order valence-electron chi connectivity index (χ0n) is 10.4. The molecule has 6 heteroatoms. The number of hydrogen-bond donors (Lipinski definition) is 2. The summed E-state index contributed by atoms with van der Waals surface area (Å²) in [5.74, 6) is 0.631. The number of aryl methyl sites for hydroxylation is 1. The Labute approximate surface area is 108 Å². The lowest BCUT2D eigenvalue weighted by atomic mass is 10.1. The topological polar surface area (TPSA) is 54.7 Å². The third-order valence-corrected chi connectivity index (χ3v) is 2.86. The smallest absolute Gasteiger partial charge is 0.344 e. The highest BCUT2D eigenvalue weighted by molar-refractivity contribution is 5.62. The van der Waals surface area contributed by atoms with Crippen LogP contribution < -0.4 is 5.73 Å². The second-order valence-corrected chi connectivity index (χ2v) is 4.14. The van der Waals surface area contributed by atoms with Crippen molar-refractivity contribution in [2.24, 2.45) is 5.73 Å². The van der Waals surface area contributed by atoms with Crippen molar-refractivity contribution in [3.05, 3.63) is 41.3 Å². The van der Waals surface area contributed by atoms with Gasteiger partial charge in [-0.3, -0.25) is 0 Å². The third-order valence-electron chi connectivity index (χ3n) is 2.86. The predicted octanol–water partition coefficient (Wildman–Crippen LogP) is 3.12. The minimum absolute atomic E-state index is 0.271.